The monoisotopic (exact) mass is 304 g/mol. The van der Waals surface area contributed by atoms with E-state index in [9.17, 15) is 0 Å². The fourth-order valence-corrected chi connectivity index (χ4v) is 1.87. The van der Waals surface area contributed by atoms with Crippen LogP contribution in [-0.4, -0.2) is 77.3 Å². The van der Waals surface area contributed by atoms with E-state index in [1.54, 1.807) is 0 Å². The van der Waals surface area contributed by atoms with Gasteiger partial charge in [-0.2, -0.15) is 0 Å². The van der Waals surface area contributed by atoms with E-state index in [4.69, 9.17) is 14.2 Å². The van der Waals surface area contributed by atoms with E-state index in [2.05, 4.69) is 17.1 Å². The highest BCUT2D eigenvalue weighted by Gasteiger charge is 2.04. The minimum Gasteiger partial charge on any atom is -0.380 e. The van der Waals surface area contributed by atoms with Gasteiger partial charge in [0.1, 0.15) is 0 Å². The first-order chi connectivity index (χ1) is 10.3. The summed E-state index contributed by atoms with van der Waals surface area (Å²) in [6, 6.07) is 0. The minimum atomic E-state index is 0.784. The summed E-state index contributed by atoms with van der Waals surface area (Å²) in [5.41, 5.74) is 0. The van der Waals surface area contributed by atoms with Crippen LogP contribution in [0, 0.1) is 0 Å². The molecule has 0 atom stereocenters. The van der Waals surface area contributed by atoms with Gasteiger partial charge in [-0.3, -0.25) is 4.90 Å². The molecule has 5 heteroatoms. The Balaban J connectivity index is 3.54. The minimum absolute atomic E-state index is 0.784. The maximum Gasteiger partial charge on any atom is 0.0593 e. The summed E-state index contributed by atoms with van der Waals surface area (Å²) in [5, 5.41) is 3.43. The van der Waals surface area contributed by atoms with Gasteiger partial charge in [-0.1, -0.05) is 13.3 Å². The average Bonchev–Trinajstić information content (AvgIpc) is 2.49. The number of nitrogens with one attached hydrogen (secondary N) is 1. The standard InChI is InChI=1S/C16H36N2O3/c1-4-7-13-21-14-9-17-8-10-18(11-15-19-5-2)12-16-20-6-3/h17H,4-16H2,1-3H3. The molecule has 0 saturated carbocycles. The van der Waals surface area contributed by atoms with Crippen molar-refractivity contribution >= 4 is 0 Å². The van der Waals surface area contributed by atoms with Crippen LogP contribution in [0.5, 0.6) is 0 Å². The molecule has 0 aliphatic carbocycles. The van der Waals surface area contributed by atoms with Gasteiger partial charge in [0.25, 0.3) is 0 Å². The van der Waals surface area contributed by atoms with Crippen molar-refractivity contribution in [3.8, 4) is 0 Å². The van der Waals surface area contributed by atoms with Crippen molar-refractivity contribution in [1.82, 2.24) is 10.2 Å². The molecule has 128 valence electrons. The Morgan fingerprint density at radius 3 is 1.95 bits per heavy atom. The smallest absolute Gasteiger partial charge is 0.0593 e. The highest BCUT2D eigenvalue weighted by Crippen LogP contribution is 1.90. The molecule has 0 aromatic rings. The maximum atomic E-state index is 5.52. The summed E-state index contributed by atoms with van der Waals surface area (Å²) < 4.78 is 16.4. The van der Waals surface area contributed by atoms with Crippen LogP contribution >= 0.6 is 0 Å². The van der Waals surface area contributed by atoms with Crippen molar-refractivity contribution in [1.29, 1.82) is 0 Å². The molecule has 21 heavy (non-hydrogen) atoms. The predicted molar refractivity (Wildman–Crippen MR) is 88.0 cm³/mol. The second-order valence-corrected chi connectivity index (χ2v) is 4.95. The summed E-state index contributed by atoms with van der Waals surface area (Å²) in [7, 11) is 0. The van der Waals surface area contributed by atoms with Crippen molar-refractivity contribution in [3.05, 3.63) is 0 Å². The molecule has 0 aromatic carbocycles. The van der Waals surface area contributed by atoms with Crippen LogP contribution < -0.4 is 5.32 Å². The van der Waals surface area contributed by atoms with E-state index in [0.29, 0.717) is 0 Å². The van der Waals surface area contributed by atoms with Crippen LogP contribution in [0.3, 0.4) is 0 Å². The third-order valence-electron chi connectivity index (χ3n) is 3.18. The van der Waals surface area contributed by atoms with Crippen molar-refractivity contribution in [2.75, 3.05) is 72.4 Å². The fourth-order valence-electron chi connectivity index (χ4n) is 1.87. The number of nitrogens with zero attached hydrogens (tertiary/aromatic N) is 1. The third-order valence-corrected chi connectivity index (χ3v) is 3.18. The molecule has 0 rings (SSSR count). The molecule has 0 aliphatic heterocycles. The van der Waals surface area contributed by atoms with E-state index >= 15 is 0 Å². The number of hydrogen-bond acceptors (Lipinski definition) is 5. The summed E-state index contributed by atoms with van der Waals surface area (Å²) in [5.74, 6) is 0. The SMILES string of the molecule is CCCCOCCNCCN(CCOCC)CCOCC. The number of unbranched alkanes of at least 4 members (excludes halogenated alkanes) is 1. The van der Waals surface area contributed by atoms with E-state index in [1.807, 2.05) is 13.8 Å². The largest absolute Gasteiger partial charge is 0.380 e. The summed E-state index contributed by atoms with van der Waals surface area (Å²) in [6.45, 7) is 16.0. The molecule has 5 nitrogen and oxygen atoms in total. The lowest BCUT2D eigenvalue weighted by molar-refractivity contribution is 0.0825. The first-order valence-corrected chi connectivity index (χ1v) is 8.51. The molecule has 0 amide bonds. The van der Waals surface area contributed by atoms with Crippen molar-refractivity contribution in [2.24, 2.45) is 0 Å². The molecular formula is C16H36N2O3. The highest BCUT2D eigenvalue weighted by atomic mass is 16.5. The lowest BCUT2D eigenvalue weighted by Crippen LogP contribution is -2.37. The zero-order valence-corrected chi connectivity index (χ0v) is 14.4. The Hall–Kier alpha value is -0.200. The van der Waals surface area contributed by atoms with Crippen molar-refractivity contribution < 1.29 is 14.2 Å². The fraction of sp³-hybridized carbons (Fsp3) is 1.00. The van der Waals surface area contributed by atoms with Crippen LogP contribution in [0.25, 0.3) is 0 Å². The number of hydrogen-bond donors (Lipinski definition) is 1. The van der Waals surface area contributed by atoms with Crippen molar-refractivity contribution in [3.63, 3.8) is 0 Å². The predicted octanol–water partition coefficient (Wildman–Crippen LogP) is 1.77. The van der Waals surface area contributed by atoms with Crippen LogP contribution in [0.2, 0.25) is 0 Å². The Bertz CT molecular complexity index is 184. The lowest BCUT2D eigenvalue weighted by Gasteiger charge is -2.22. The molecule has 0 bridgehead atoms. The summed E-state index contributed by atoms with van der Waals surface area (Å²) in [6.07, 6.45) is 2.35. The van der Waals surface area contributed by atoms with Crippen LogP contribution in [0.4, 0.5) is 0 Å². The molecule has 0 unspecified atom stereocenters. The molecule has 0 aliphatic rings. The van der Waals surface area contributed by atoms with Gasteiger partial charge in [-0.15, -0.1) is 0 Å². The molecule has 0 spiro atoms. The van der Waals surface area contributed by atoms with E-state index < -0.39 is 0 Å². The zero-order valence-electron chi connectivity index (χ0n) is 14.4. The first-order valence-electron chi connectivity index (χ1n) is 8.51. The Kier molecular flexibility index (Phi) is 17.7. The van der Waals surface area contributed by atoms with Crippen LogP contribution in [-0.2, 0) is 14.2 Å². The average molecular weight is 304 g/mol. The van der Waals surface area contributed by atoms with E-state index in [1.165, 1.54) is 6.42 Å². The Morgan fingerprint density at radius 1 is 0.714 bits per heavy atom. The zero-order chi connectivity index (χ0) is 15.6. The Morgan fingerprint density at radius 2 is 1.38 bits per heavy atom. The van der Waals surface area contributed by atoms with Crippen LogP contribution in [0.15, 0.2) is 0 Å². The van der Waals surface area contributed by atoms with Crippen molar-refractivity contribution in [2.45, 2.75) is 33.6 Å². The van der Waals surface area contributed by atoms with Gasteiger partial charge >= 0.3 is 0 Å². The topological polar surface area (TPSA) is 43.0 Å². The Labute approximate surface area is 131 Å². The van der Waals surface area contributed by atoms with Gasteiger partial charge in [-0.05, 0) is 20.3 Å². The van der Waals surface area contributed by atoms with Gasteiger partial charge in [0, 0.05) is 52.5 Å². The van der Waals surface area contributed by atoms with Gasteiger partial charge in [0.15, 0.2) is 0 Å². The second-order valence-electron chi connectivity index (χ2n) is 4.95. The molecule has 0 radical (unpaired) electrons. The van der Waals surface area contributed by atoms with Gasteiger partial charge in [0.05, 0.1) is 19.8 Å². The number of ether oxygens (including phenoxy) is 3. The second kappa shape index (κ2) is 17.9. The maximum absolute atomic E-state index is 5.52. The summed E-state index contributed by atoms with van der Waals surface area (Å²) >= 11 is 0. The molecule has 0 fully saturated rings. The van der Waals surface area contributed by atoms with E-state index in [-0.39, 0.29) is 0 Å². The van der Waals surface area contributed by atoms with Gasteiger partial charge in [0.2, 0.25) is 0 Å². The van der Waals surface area contributed by atoms with Gasteiger partial charge in [-0.25, -0.2) is 0 Å². The van der Waals surface area contributed by atoms with Crippen LogP contribution in [0.1, 0.15) is 33.6 Å². The molecular weight excluding hydrogens is 268 g/mol. The normalized spacial score (nSPS) is 11.4. The van der Waals surface area contributed by atoms with E-state index in [0.717, 1.165) is 78.8 Å². The summed E-state index contributed by atoms with van der Waals surface area (Å²) in [4.78, 5) is 2.39. The molecule has 0 saturated heterocycles. The highest BCUT2D eigenvalue weighted by molar-refractivity contribution is 4.60. The lowest BCUT2D eigenvalue weighted by atomic mass is 10.4. The molecule has 1 N–H and O–H groups in total. The quantitative estimate of drug-likeness (QED) is 0.415. The first kappa shape index (κ1) is 20.8. The van der Waals surface area contributed by atoms with Gasteiger partial charge < -0.3 is 19.5 Å². The number of rotatable bonds is 17. The third kappa shape index (κ3) is 16.0. The molecule has 0 heterocycles. The molecule has 0 aromatic heterocycles.